The smallest absolute Gasteiger partial charge is 0.256 e. The normalized spacial score (nSPS) is 10.6. The lowest BCUT2D eigenvalue weighted by Gasteiger charge is -2.16. The average Bonchev–Trinajstić information content (AvgIpc) is 2.83. The van der Waals surface area contributed by atoms with Gasteiger partial charge in [0.2, 0.25) is 5.75 Å². The predicted molar refractivity (Wildman–Crippen MR) is 128 cm³/mol. The zero-order chi connectivity index (χ0) is 22.7. The van der Waals surface area contributed by atoms with E-state index < -0.39 is 0 Å². The SMILES string of the molecule is COc1cc(-c2c(NC(=O)c3ccccc3)sc3ccccc3c2=O)cc(OC)c1OC. The van der Waals surface area contributed by atoms with Gasteiger partial charge in [0.25, 0.3) is 5.91 Å². The number of fused-ring (bicyclic) bond motifs is 1. The number of benzene rings is 3. The minimum absolute atomic E-state index is 0.197. The van der Waals surface area contributed by atoms with E-state index in [0.717, 1.165) is 4.70 Å². The molecule has 32 heavy (non-hydrogen) atoms. The van der Waals surface area contributed by atoms with Gasteiger partial charge in [0.05, 0.1) is 26.9 Å². The highest BCUT2D eigenvalue weighted by molar-refractivity contribution is 7.22. The zero-order valence-electron chi connectivity index (χ0n) is 17.8. The number of ether oxygens (including phenoxy) is 3. The molecule has 0 aliphatic rings. The van der Waals surface area contributed by atoms with Crippen molar-refractivity contribution in [3.63, 3.8) is 0 Å². The van der Waals surface area contributed by atoms with Crippen LogP contribution in [-0.2, 0) is 0 Å². The molecule has 1 N–H and O–H groups in total. The maximum atomic E-state index is 13.6. The summed E-state index contributed by atoms with van der Waals surface area (Å²) in [4.78, 5) is 26.5. The van der Waals surface area contributed by atoms with Crippen LogP contribution < -0.4 is 25.0 Å². The van der Waals surface area contributed by atoms with Crippen LogP contribution in [-0.4, -0.2) is 27.2 Å². The summed E-state index contributed by atoms with van der Waals surface area (Å²) in [5.74, 6) is 0.954. The second-order valence-corrected chi connectivity index (χ2v) is 7.92. The van der Waals surface area contributed by atoms with Crippen LogP contribution in [0, 0.1) is 0 Å². The summed E-state index contributed by atoms with van der Waals surface area (Å²) in [6.45, 7) is 0. The van der Waals surface area contributed by atoms with Crippen LogP contribution in [0.4, 0.5) is 5.00 Å². The van der Waals surface area contributed by atoms with E-state index in [1.54, 1.807) is 42.5 Å². The van der Waals surface area contributed by atoms with Gasteiger partial charge in [0.1, 0.15) is 5.00 Å². The molecule has 0 bridgehead atoms. The highest BCUT2D eigenvalue weighted by Gasteiger charge is 2.21. The predicted octanol–water partition coefficient (Wildman–Crippen LogP) is 5.21. The molecule has 1 amide bonds. The Kier molecular flexibility index (Phi) is 6.09. The zero-order valence-corrected chi connectivity index (χ0v) is 18.6. The van der Waals surface area contributed by atoms with Gasteiger partial charge in [-0.15, -0.1) is 11.3 Å². The number of carbonyl (C=O) groups excluding carboxylic acids is 1. The van der Waals surface area contributed by atoms with Crippen molar-refractivity contribution < 1.29 is 19.0 Å². The number of hydrogen-bond acceptors (Lipinski definition) is 6. The summed E-state index contributed by atoms with van der Waals surface area (Å²) in [5, 5.41) is 3.94. The number of hydrogen-bond donors (Lipinski definition) is 1. The van der Waals surface area contributed by atoms with Crippen LogP contribution in [0.15, 0.2) is 71.5 Å². The molecule has 0 saturated carbocycles. The second kappa shape index (κ2) is 9.11. The van der Waals surface area contributed by atoms with Crippen molar-refractivity contribution in [3.05, 3.63) is 82.5 Å². The maximum absolute atomic E-state index is 13.6. The fourth-order valence-electron chi connectivity index (χ4n) is 3.48. The molecule has 4 aromatic rings. The Bertz CT molecular complexity index is 1320. The van der Waals surface area contributed by atoms with Gasteiger partial charge in [-0.3, -0.25) is 9.59 Å². The maximum Gasteiger partial charge on any atom is 0.256 e. The van der Waals surface area contributed by atoms with E-state index in [4.69, 9.17) is 14.2 Å². The number of methoxy groups -OCH3 is 3. The molecular weight excluding hydrogens is 426 g/mol. The molecule has 0 fully saturated rings. The summed E-state index contributed by atoms with van der Waals surface area (Å²) in [7, 11) is 4.54. The minimum atomic E-state index is -0.301. The highest BCUT2D eigenvalue weighted by atomic mass is 32.1. The van der Waals surface area contributed by atoms with E-state index in [1.165, 1.54) is 32.7 Å². The standard InChI is InChI=1S/C25H21NO5S/c1-29-18-13-16(14-19(30-2)23(18)31-3)21-22(27)17-11-7-8-12-20(17)32-25(21)26-24(28)15-9-5-4-6-10-15/h4-14H,1-3H3,(H,26,28). The molecule has 0 aliphatic carbocycles. The van der Waals surface area contributed by atoms with Crippen molar-refractivity contribution in [1.82, 2.24) is 0 Å². The Morgan fingerprint density at radius 3 is 2.09 bits per heavy atom. The van der Waals surface area contributed by atoms with Crippen molar-refractivity contribution in [1.29, 1.82) is 0 Å². The first-order chi connectivity index (χ1) is 15.6. The first kappa shape index (κ1) is 21.4. The third-order valence-electron chi connectivity index (χ3n) is 5.01. The van der Waals surface area contributed by atoms with E-state index in [9.17, 15) is 9.59 Å². The number of amides is 1. The average molecular weight is 448 g/mol. The lowest BCUT2D eigenvalue weighted by atomic mass is 10.0. The van der Waals surface area contributed by atoms with Gasteiger partial charge in [-0.25, -0.2) is 0 Å². The summed E-state index contributed by atoms with van der Waals surface area (Å²) < 4.78 is 17.1. The molecule has 0 radical (unpaired) electrons. The van der Waals surface area contributed by atoms with Crippen LogP contribution >= 0.6 is 11.3 Å². The second-order valence-electron chi connectivity index (χ2n) is 6.87. The van der Waals surface area contributed by atoms with Crippen molar-refractivity contribution >= 4 is 32.3 Å². The lowest BCUT2D eigenvalue weighted by molar-refractivity contribution is 0.102. The molecule has 0 aliphatic heterocycles. The molecule has 1 heterocycles. The monoisotopic (exact) mass is 447 g/mol. The molecule has 6 nitrogen and oxygen atoms in total. The summed E-state index contributed by atoms with van der Waals surface area (Å²) >= 11 is 1.34. The van der Waals surface area contributed by atoms with Crippen LogP contribution in [0.2, 0.25) is 0 Å². The van der Waals surface area contributed by atoms with Gasteiger partial charge in [-0.2, -0.15) is 0 Å². The van der Waals surface area contributed by atoms with Crippen LogP contribution in [0.5, 0.6) is 17.2 Å². The molecule has 162 valence electrons. The van der Waals surface area contributed by atoms with Crippen LogP contribution in [0.25, 0.3) is 21.2 Å². The first-order valence-electron chi connectivity index (χ1n) is 9.80. The van der Waals surface area contributed by atoms with Crippen molar-refractivity contribution in [2.24, 2.45) is 0 Å². The fraction of sp³-hybridized carbons (Fsp3) is 0.120. The number of nitrogens with one attached hydrogen (secondary N) is 1. The van der Waals surface area contributed by atoms with Gasteiger partial charge >= 0.3 is 0 Å². The molecule has 1 aromatic heterocycles. The van der Waals surface area contributed by atoms with Crippen LogP contribution in [0.1, 0.15) is 10.4 Å². The van der Waals surface area contributed by atoms with E-state index in [1.807, 2.05) is 24.3 Å². The third-order valence-corrected chi connectivity index (χ3v) is 6.10. The van der Waals surface area contributed by atoms with E-state index in [0.29, 0.717) is 44.3 Å². The van der Waals surface area contributed by atoms with E-state index in [-0.39, 0.29) is 11.3 Å². The van der Waals surface area contributed by atoms with Gasteiger partial charge in [-0.05, 0) is 42.0 Å². The molecule has 0 unspecified atom stereocenters. The summed E-state index contributed by atoms with van der Waals surface area (Å²) in [5.41, 5.74) is 1.21. The fourth-order valence-corrected chi connectivity index (χ4v) is 4.58. The number of anilines is 1. The van der Waals surface area contributed by atoms with Gasteiger partial charge in [-0.1, -0.05) is 30.3 Å². The quantitative estimate of drug-likeness (QED) is 0.439. The Balaban J connectivity index is 1.96. The minimum Gasteiger partial charge on any atom is -0.493 e. The summed E-state index contributed by atoms with van der Waals surface area (Å²) in [6.07, 6.45) is 0. The van der Waals surface area contributed by atoms with E-state index in [2.05, 4.69) is 5.32 Å². The molecule has 0 atom stereocenters. The van der Waals surface area contributed by atoms with Crippen molar-refractivity contribution in [2.75, 3.05) is 26.6 Å². The molecular formula is C25H21NO5S. The Hall–Kier alpha value is -3.84. The lowest BCUT2D eigenvalue weighted by Crippen LogP contribution is -2.15. The first-order valence-corrected chi connectivity index (χ1v) is 10.6. The Labute approximate surface area is 189 Å². The van der Waals surface area contributed by atoms with Gasteiger partial charge in [0, 0.05) is 15.6 Å². The molecule has 0 saturated heterocycles. The van der Waals surface area contributed by atoms with Gasteiger partial charge in [0.15, 0.2) is 16.9 Å². The summed E-state index contributed by atoms with van der Waals surface area (Å²) in [6, 6.07) is 19.6. The highest BCUT2D eigenvalue weighted by Crippen LogP contribution is 2.43. The van der Waals surface area contributed by atoms with Crippen molar-refractivity contribution in [3.8, 4) is 28.4 Å². The van der Waals surface area contributed by atoms with Gasteiger partial charge < -0.3 is 19.5 Å². The Morgan fingerprint density at radius 1 is 0.844 bits per heavy atom. The van der Waals surface area contributed by atoms with E-state index >= 15 is 0 Å². The molecule has 4 rings (SSSR count). The third kappa shape index (κ3) is 3.90. The number of carbonyl (C=O) groups is 1. The van der Waals surface area contributed by atoms with Crippen molar-refractivity contribution in [2.45, 2.75) is 0 Å². The number of rotatable bonds is 6. The molecule has 7 heteroatoms. The Morgan fingerprint density at radius 2 is 1.47 bits per heavy atom. The van der Waals surface area contributed by atoms with Crippen LogP contribution in [0.3, 0.4) is 0 Å². The topological polar surface area (TPSA) is 73.9 Å². The molecule has 0 spiro atoms. The molecule has 3 aromatic carbocycles. The largest absolute Gasteiger partial charge is 0.493 e.